The van der Waals surface area contributed by atoms with Gasteiger partial charge in [0.2, 0.25) is 0 Å². The Balaban J connectivity index is 1.48. The van der Waals surface area contributed by atoms with Crippen molar-refractivity contribution in [3.8, 4) is 0 Å². The quantitative estimate of drug-likeness (QED) is 0.471. The number of esters is 1. The summed E-state index contributed by atoms with van der Waals surface area (Å²) in [6, 6.07) is 10.1. The number of fused-ring (bicyclic) bond motifs is 1. The summed E-state index contributed by atoms with van der Waals surface area (Å²) in [6.45, 7) is 6.79. The highest BCUT2D eigenvalue weighted by Crippen LogP contribution is 2.42. The lowest BCUT2D eigenvalue weighted by Gasteiger charge is -2.24. The van der Waals surface area contributed by atoms with Gasteiger partial charge in [0.15, 0.2) is 17.8 Å². The molecule has 0 spiro atoms. The zero-order chi connectivity index (χ0) is 24.5. The smallest absolute Gasteiger partial charge is 0.351 e. The fourth-order valence-electron chi connectivity index (χ4n) is 3.72. The van der Waals surface area contributed by atoms with Crippen LogP contribution in [0.3, 0.4) is 0 Å². The zero-order valence-electron chi connectivity index (χ0n) is 19.3. The van der Waals surface area contributed by atoms with Gasteiger partial charge in [0.25, 0.3) is 0 Å². The molecule has 1 aromatic carbocycles. The van der Waals surface area contributed by atoms with E-state index in [9.17, 15) is 14.4 Å². The van der Waals surface area contributed by atoms with Crippen LogP contribution in [0.2, 0.25) is 0 Å². The first-order valence-corrected chi connectivity index (χ1v) is 10.9. The van der Waals surface area contributed by atoms with Gasteiger partial charge >= 0.3 is 17.6 Å². The second-order valence-electron chi connectivity index (χ2n) is 8.77. The van der Waals surface area contributed by atoms with E-state index >= 15 is 0 Å². The summed E-state index contributed by atoms with van der Waals surface area (Å²) in [7, 11) is 0. The second kappa shape index (κ2) is 9.53. The number of rotatable bonds is 7. The number of aromatic nitrogens is 2. The second-order valence-corrected chi connectivity index (χ2v) is 8.77. The molecule has 182 valence electrons. The number of nitrogens with zero attached hydrogens (tertiary/aromatic N) is 2. The summed E-state index contributed by atoms with van der Waals surface area (Å²) >= 11 is 0. The van der Waals surface area contributed by atoms with Crippen LogP contribution in [0.25, 0.3) is 0 Å². The Hall–Kier alpha value is -3.28. The average Bonchev–Trinajstić information content (AvgIpc) is 3.29. The van der Waals surface area contributed by atoms with Crippen molar-refractivity contribution in [1.82, 2.24) is 9.55 Å². The average molecular weight is 473 g/mol. The van der Waals surface area contributed by atoms with Crippen molar-refractivity contribution in [2.24, 2.45) is 5.92 Å². The van der Waals surface area contributed by atoms with Gasteiger partial charge in [0, 0.05) is 12.3 Å². The Morgan fingerprint density at radius 1 is 1.15 bits per heavy atom. The van der Waals surface area contributed by atoms with Gasteiger partial charge in [-0.3, -0.25) is 4.57 Å². The van der Waals surface area contributed by atoms with Gasteiger partial charge in [-0.25, -0.2) is 19.9 Å². The van der Waals surface area contributed by atoms with Crippen LogP contribution in [-0.4, -0.2) is 52.2 Å². The Morgan fingerprint density at radius 3 is 2.53 bits per heavy atom. The lowest BCUT2D eigenvalue weighted by molar-refractivity contribution is -0.200. The van der Waals surface area contributed by atoms with Gasteiger partial charge in [-0.2, -0.15) is 4.98 Å². The highest BCUT2D eigenvalue weighted by atomic mass is 16.8. The van der Waals surface area contributed by atoms with Crippen molar-refractivity contribution in [2.75, 3.05) is 12.1 Å². The van der Waals surface area contributed by atoms with Gasteiger partial charge in [0.1, 0.15) is 24.9 Å². The van der Waals surface area contributed by atoms with E-state index in [-0.39, 0.29) is 18.3 Å². The number of benzene rings is 1. The Bertz CT molecular complexity index is 1100. The number of carbonyl (C=O) groups excluding carboxylic acids is 2. The third-order valence-corrected chi connectivity index (χ3v) is 5.35. The summed E-state index contributed by atoms with van der Waals surface area (Å²) in [4.78, 5) is 45.5. The molecule has 0 unspecified atom stereocenters. The van der Waals surface area contributed by atoms with Gasteiger partial charge in [-0.05, 0) is 26.0 Å². The van der Waals surface area contributed by atoms with Gasteiger partial charge in [-0.15, -0.1) is 0 Å². The number of hydrogen-bond donors (Lipinski definition) is 1. The number of ether oxygens (including phenoxy) is 4. The molecule has 2 fully saturated rings. The van der Waals surface area contributed by atoms with Gasteiger partial charge in [0.05, 0.1) is 11.5 Å². The zero-order valence-corrected chi connectivity index (χ0v) is 19.3. The maximum atomic E-state index is 12.7. The molecule has 0 bridgehead atoms. The van der Waals surface area contributed by atoms with Crippen molar-refractivity contribution in [2.45, 2.75) is 58.0 Å². The van der Waals surface area contributed by atoms with Crippen molar-refractivity contribution in [3.63, 3.8) is 0 Å². The minimum absolute atomic E-state index is 0.0714. The summed E-state index contributed by atoms with van der Waals surface area (Å²) in [5, 5.41) is 0. The lowest BCUT2D eigenvalue weighted by Crippen LogP contribution is -2.35. The number of anilines is 1. The molecule has 2 saturated heterocycles. The molecule has 2 aromatic rings. The third kappa shape index (κ3) is 5.11. The van der Waals surface area contributed by atoms with Crippen LogP contribution in [-0.2, 0) is 28.6 Å². The highest BCUT2D eigenvalue weighted by molar-refractivity contribution is 5.89. The molecule has 3 heterocycles. The van der Waals surface area contributed by atoms with Crippen molar-refractivity contribution in [3.05, 3.63) is 58.6 Å². The van der Waals surface area contributed by atoms with E-state index in [0.29, 0.717) is 5.56 Å². The SMILES string of the molecule is CC(C)C(=O)ONc1ccn([C@@H]2O[C@H](COC(=O)c3ccccc3)[C@H]3OC(C)(C)O[C@H]32)c(=O)n1. The number of nitrogens with one attached hydrogen (secondary N) is 1. The number of carbonyl (C=O) groups is 2. The molecule has 1 aromatic heterocycles. The van der Waals surface area contributed by atoms with E-state index in [4.69, 9.17) is 23.8 Å². The van der Waals surface area contributed by atoms with Crippen molar-refractivity contribution < 1.29 is 33.4 Å². The first kappa shape index (κ1) is 23.9. The minimum Gasteiger partial charge on any atom is -0.459 e. The number of hydrogen-bond acceptors (Lipinski definition) is 10. The molecule has 1 N–H and O–H groups in total. The van der Waals surface area contributed by atoms with Crippen LogP contribution >= 0.6 is 0 Å². The summed E-state index contributed by atoms with van der Waals surface area (Å²) in [6.07, 6.45) is -1.27. The molecular formula is C23H27N3O8. The Labute approximate surface area is 195 Å². The fourth-order valence-corrected chi connectivity index (χ4v) is 3.72. The van der Waals surface area contributed by atoms with Crippen LogP contribution in [0, 0.1) is 5.92 Å². The molecule has 0 saturated carbocycles. The van der Waals surface area contributed by atoms with Crippen LogP contribution < -0.4 is 11.2 Å². The molecule has 2 aliphatic heterocycles. The molecule has 2 aliphatic rings. The van der Waals surface area contributed by atoms with E-state index in [1.165, 1.54) is 16.8 Å². The summed E-state index contributed by atoms with van der Waals surface area (Å²) in [5.41, 5.74) is 2.14. The van der Waals surface area contributed by atoms with Crippen LogP contribution in [0.1, 0.15) is 44.3 Å². The predicted octanol–water partition coefficient (Wildman–Crippen LogP) is 2.04. The van der Waals surface area contributed by atoms with E-state index < -0.39 is 48.0 Å². The van der Waals surface area contributed by atoms with Gasteiger partial charge < -0.3 is 23.8 Å². The molecule has 4 atom stereocenters. The van der Waals surface area contributed by atoms with E-state index in [0.717, 1.165) is 0 Å². The molecule has 0 aliphatic carbocycles. The standard InChI is InChI=1S/C23H27N3O8/c1-13(2)20(27)34-25-16-10-11-26(22(29)24-16)19-18-17(32-23(3,4)33-18)15(31-19)12-30-21(28)14-8-6-5-7-9-14/h5-11,13,15,17-19H,12H2,1-4H3,(H,24,25,29)/t15-,17-,18-,19-/m1/s1. The summed E-state index contributed by atoms with van der Waals surface area (Å²) in [5.74, 6) is -2.16. The molecule has 11 nitrogen and oxygen atoms in total. The van der Waals surface area contributed by atoms with Crippen LogP contribution in [0.4, 0.5) is 5.82 Å². The normalized spacial score (nSPS) is 25.1. The van der Waals surface area contributed by atoms with Crippen molar-refractivity contribution >= 4 is 17.8 Å². The Morgan fingerprint density at radius 2 is 1.85 bits per heavy atom. The van der Waals surface area contributed by atoms with Crippen molar-refractivity contribution in [1.29, 1.82) is 0 Å². The van der Waals surface area contributed by atoms with Crippen LogP contribution in [0.5, 0.6) is 0 Å². The minimum atomic E-state index is -0.914. The summed E-state index contributed by atoms with van der Waals surface area (Å²) < 4.78 is 24.7. The monoisotopic (exact) mass is 473 g/mol. The third-order valence-electron chi connectivity index (χ3n) is 5.35. The predicted molar refractivity (Wildman–Crippen MR) is 118 cm³/mol. The molecule has 4 rings (SSSR count). The van der Waals surface area contributed by atoms with E-state index in [1.54, 1.807) is 58.0 Å². The largest absolute Gasteiger partial charge is 0.459 e. The highest BCUT2D eigenvalue weighted by Gasteiger charge is 2.56. The van der Waals surface area contributed by atoms with E-state index in [2.05, 4.69) is 10.5 Å². The van der Waals surface area contributed by atoms with E-state index in [1.807, 2.05) is 0 Å². The first-order chi connectivity index (χ1) is 16.1. The maximum Gasteiger partial charge on any atom is 0.351 e. The fraction of sp³-hybridized carbons (Fsp3) is 0.478. The molecule has 0 amide bonds. The Kier molecular flexibility index (Phi) is 6.69. The lowest BCUT2D eigenvalue weighted by atomic mass is 10.1. The molecule has 11 heteroatoms. The maximum absolute atomic E-state index is 12.7. The molecular weight excluding hydrogens is 446 g/mol. The van der Waals surface area contributed by atoms with Crippen LogP contribution in [0.15, 0.2) is 47.4 Å². The first-order valence-electron chi connectivity index (χ1n) is 10.9. The molecule has 0 radical (unpaired) electrons. The van der Waals surface area contributed by atoms with Gasteiger partial charge in [-0.1, -0.05) is 32.0 Å². The topological polar surface area (TPSA) is 127 Å². The molecule has 34 heavy (non-hydrogen) atoms.